The number of aliphatic hydroxyl groups excluding tert-OH is 1. The van der Waals surface area contributed by atoms with E-state index in [0.717, 1.165) is 19.3 Å². The van der Waals surface area contributed by atoms with Crippen LogP contribution in [-0.4, -0.2) is 53.4 Å². The van der Waals surface area contributed by atoms with Gasteiger partial charge in [-0.2, -0.15) is 0 Å². The predicted molar refractivity (Wildman–Crippen MR) is 66.2 cm³/mol. The second kappa shape index (κ2) is 7.20. The molecule has 0 saturated heterocycles. The van der Waals surface area contributed by atoms with Crippen LogP contribution in [0, 0.1) is 5.92 Å². The molecule has 104 valence electrons. The van der Waals surface area contributed by atoms with E-state index in [9.17, 15) is 9.59 Å². The van der Waals surface area contributed by atoms with Crippen LogP contribution in [0.4, 0.5) is 4.79 Å². The van der Waals surface area contributed by atoms with Crippen molar-refractivity contribution in [1.82, 2.24) is 10.2 Å². The van der Waals surface area contributed by atoms with Crippen LogP contribution in [0.3, 0.4) is 0 Å². The minimum absolute atomic E-state index is 0.0405. The van der Waals surface area contributed by atoms with E-state index in [-0.39, 0.29) is 18.7 Å². The molecule has 2 unspecified atom stereocenters. The van der Waals surface area contributed by atoms with Crippen molar-refractivity contribution in [3.63, 3.8) is 0 Å². The van der Waals surface area contributed by atoms with Gasteiger partial charge in [0.2, 0.25) is 0 Å². The number of amides is 2. The Morgan fingerprint density at radius 3 is 2.61 bits per heavy atom. The zero-order valence-corrected chi connectivity index (χ0v) is 10.8. The van der Waals surface area contributed by atoms with Crippen LogP contribution in [0.5, 0.6) is 0 Å². The maximum Gasteiger partial charge on any atom is 0.317 e. The van der Waals surface area contributed by atoms with Gasteiger partial charge in [-0.25, -0.2) is 4.79 Å². The van der Waals surface area contributed by atoms with Crippen molar-refractivity contribution in [1.29, 1.82) is 0 Å². The van der Waals surface area contributed by atoms with E-state index in [1.165, 1.54) is 4.90 Å². The lowest BCUT2D eigenvalue weighted by Gasteiger charge is -2.31. The Hall–Kier alpha value is -1.30. The molecule has 2 amide bonds. The predicted octanol–water partition coefficient (Wildman–Crippen LogP) is 0.654. The maximum atomic E-state index is 11.8. The molecule has 0 aromatic rings. The summed E-state index contributed by atoms with van der Waals surface area (Å²) < 4.78 is 0. The summed E-state index contributed by atoms with van der Waals surface area (Å²) in [6, 6.07) is -0.540. The summed E-state index contributed by atoms with van der Waals surface area (Å²) in [4.78, 5) is 24.4. The number of carboxylic acid groups (broad SMARTS) is 1. The number of aliphatic hydroxyl groups is 1. The molecule has 6 heteroatoms. The van der Waals surface area contributed by atoms with Crippen LogP contribution in [0.1, 0.15) is 32.1 Å². The number of nitrogens with one attached hydrogen (secondary N) is 1. The van der Waals surface area contributed by atoms with E-state index >= 15 is 0 Å². The lowest BCUT2D eigenvalue weighted by atomic mass is 9.84. The molecule has 1 rings (SSSR count). The Bertz CT molecular complexity index is 296. The molecule has 0 heterocycles. The summed E-state index contributed by atoms with van der Waals surface area (Å²) in [6.07, 6.45) is 3.73. The van der Waals surface area contributed by atoms with Crippen LogP contribution in [0.15, 0.2) is 0 Å². The molecule has 0 aromatic carbocycles. The Balaban J connectivity index is 2.48. The lowest BCUT2D eigenvalue weighted by molar-refractivity contribution is -0.143. The van der Waals surface area contributed by atoms with Crippen molar-refractivity contribution in [3.05, 3.63) is 0 Å². The highest BCUT2D eigenvalue weighted by Crippen LogP contribution is 2.24. The number of carbonyl (C=O) groups is 2. The standard InChI is InChI=1S/C12H22N2O4/c1-14(7-4-8-15)12(18)13-10-6-3-2-5-9(10)11(16)17/h9-10,15H,2-8H2,1H3,(H,13,18)(H,16,17). The average Bonchev–Trinajstić information content (AvgIpc) is 2.36. The molecule has 1 aliphatic rings. The minimum atomic E-state index is -0.835. The van der Waals surface area contributed by atoms with Crippen molar-refractivity contribution in [2.75, 3.05) is 20.2 Å². The van der Waals surface area contributed by atoms with Gasteiger partial charge in [-0.15, -0.1) is 0 Å². The first-order valence-corrected chi connectivity index (χ1v) is 6.41. The topological polar surface area (TPSA) is 89.9 Å². The first-order valence-electron chi connectivity index (χ1n) is 6.41. The Labute approximate surface area is 107 Å². The van der Waals surface area contributed by atoms with Crippen molar-refractivity contribution < 1.29 is 19.8 Å². The molecule has 0 spiro atoms. The average molecular weight is 258 g/mol. The fraction of sp³-hybridized carbons (Fsp3) is 0.833. The number of hydrogen-bond donors (Lipinski definition) is 3. The van der Waals surface area contributed by atoms with Crippen molar-refractivity contribution in [2.45, 2.75) is 38.1 Å². The van der Waals surface area contributed by atoms with E-state index in [0.29, 0.717) is 19.4 Å². The number of nitrogens with zero attached hydrogens (tertiary/aromatic N) is 1. The molecular formula is C12H22N2O4. The third-order valence-electron chi connectivity index (χ3n) is 3.39. The molecule has 6 nitrogen and oxygen atoms in total. The molecule has 0 radical (unpaired) electrons. The Morgan fingerprint density at radius 2 is 2.00 bits per heavy atom. The summed E-state index contributed by atoms with van der Waals surface area (Å²) in [6.45, 7) is 0.506. The quantitative estimate of drug-likeness (QED) is 0.675. The second-order valence-corrected chi connectivity index (χ2v) is 4.78. The van der Waals surface area contributed by atoms with Crippen molar-refractivity contribution in [2.24, 2.45) is 5.92 Å². The number of carbonyl (C=O) groups excluding carboxylic acids is 1. The lowest BCUT2D eigenvalue weighted by Crippen LogP contribution is -2.49. The number of urea groups is 1. The second-order valence-electron chi connectivity index (χ2n) is 4.78. The van der Waals surface area contributed by atoms with Gasteiger partial charge >= 0.3 is 12.0 Å². The molecule has 2 atom stereocenters. The molecule has 0 aliphatic heterocycles. The summed E-state index contributed by atoms with van der Waals surface area (Å²) in [5.74, 6) is -1.31. The van der Waals surface area contributed by atoms with Gasteiger partial charge in [-0.3, -0.25) is 4.79 Å². The van der Waals surface area contributed by atoms with Gasteiger partial charge in [0.05, 0.1) is 5.92 Å². The van der Waals surface area contributed by atoms with Gasteiger partial charge < -0.3 is 20.4 Å². The molecule has 1 saturated carbocycles. The van der Waals surface area contributed by atoms with Crippen LogP contribution in [0.25, 0.3) is 0 Å². The fourth-order valence-electron chi connectivity index (χ4n) is 2.28. The largest absolute Gasteiger partial charge is 0.481 e. The molecule has 0 aromatic heterocycles. The van der Waals surface area contributed by atoms with E-state index in [2.05, 4.69) is 5.32 Å². The Kier molecular flexibility index (Phi) is 5.91. The number of rotatable bonds is 5. The molecule has 18 heavy (non-hydrogen) atoms. The van der Waals surface area contributed by atoms with Crippen LogP contribution >= 0.6 is 0 Å². The number of hydrogen-bond acceptors (Lipinski definition) is 3. The monoisotopic (exact) mass is 258 g/mol. The van der Waals surface area contributed by atoms with E-state index < -0.39 is 11.9 Å². The number of aliphatic carboxylic acids is 1. The number of carboxylic acids is 1. The zero-order chi connectivity index (χ0) is 13.5. The van der Waals surface area contributed by atoms with Gasteiger partial charge in [0, 0.05) is 26.2 Å². The molecule has 3 N–H and O–H groups in total. The van der Waals surface area contributed by atoms with E-state index in [1.807, 2.05) is 0 Å². The van der Waals surface area contributed by atoms with Crippen LogP contribution in [0.2, 0.25) is 0 Å². The summed E-state index contributed by atoms with van der Waals surface area (Å²) in [5.41, 5.74) is 0. The third-order valence-corrected chi connectivity index (χ3v) is 3.39. The normalized spacial score (nSPS) is 23.4. The SMILES string of the molecule is CN(CCCO)C(=O)NC1CCCCC1C(=O)O. The van der Waals surface area contributed by atoms with E-state index in [4.69, 9.17) is 10.2 Å². The summed E-state index contributed by atoms with van der Waals surface area (Å²) >= 11 is 0. The summed E-state index contributed by atoms with van der Waals surface area (Å²) in [7, 11) is 1.64. The van der Waals surface area contributed by atoms with Gasteiger partial charge in [0.25, 0.3) is 0 Å². The van der Waals surface area contributed by atoms with Crippen LogP contribution in [-0.2, 0) is 4.79 Å². The van der Waals surface area contributed by atoms with E-state index in [1.54, 1.807) is 7.05 Å². The fourth-order valence-corrected chi connectivity index (χ4v) is 2.28. The van der Waals surface area contributed by atoms with Gasteiger partial charge in [0.1, 0.15) is 0 Å². The van der Waals surface area contributed by atoms with Gasteiger partial charge in [0.15, 0.2) is 0 Å². The van der Waals surface area contributed by atoms with Crippen molar-refractivity contribution in [3.8, 4) is 0 Å². The summed E-state index contributed by atoms with van der Waals surface area (Å²) in [5, 5.41) is 20.6. The van der Waals surface area contributed by atoms with Crippen LogP contribution < -0.4 is 5.32 Å². The Morgan fingerprint density at radius 1 is 1.33 bits per heavy atom. The highest BCUT2D eigenvalue weighted by Gasteiger charge is 2.32. The first kappa shape index (κ1) is 14.8. The molecule has 0 bridgehead atoms. The minimum Gasteiger partial charge on any atom is -0.481 e. The highest BCUT2D eigenvalue weighted by atomic mass is 16.4. The van der Waals surface area contributed by atoms with Crippen molar-refractivity contribution >= 4 is 12.0 Å². The third kappa shape index (κ3) is 4.18. The maximum absolute atomic E-state index is 11.8. The molecular weight excluding hydrogens is 236 g/mol. The first-order chi connectivity index (χ1) is 8.56. The smallest absolute Gasteiger partial charge is 0.317 e. The van der Waals surface area contributed by atoms with Gasteiger partial charge in [-0.05, 0) is 19.3 Å². The zero-order valence-electron chi connectivity index (χ0n) is 10.8. The molecule has 1 aliphatic carbocycles. The molecule has 1 fully saturated rings. The highest BCUT2D eigenvalue weighted by molar-refractivity contribution is 5.76. The van der Waals surface area contributed by atoms with Gasteiger partial charge in [-0.1, -0.05) is 12.8 Å².